The van der Waals surface area contributed by atoms with Gasteiger partial charge >= 0.3 is 0 Å². The first-order valence-corrected chi connectivity index (χ1v) is 4.97. The van der Waals surface area contributed by atoms with Crippen LogP contribution in [-0.4, -0.2) is 13.3 Å². The molecule has 0 radical (unpaired) electrons. The molecule has 0 unspecified atom stereocenters. The van der Waals surface area contributed by atoms with Gasteiger partial charge in [0.1, 0.15) is 30.7 Å². The van der Waals surface area contributed by atoms with Crippen molar-refractivity contribution < 1.29 is 9.13 Å². The van der Waals surface area contributed by atoms with E-state index in [-0.39, 0.29) is 6.61 Å². The smallest absolute Gasteiger partial charge is 0.137 e. The van der Waals surface area contributed by atoms with E-state index in [1.807, 2.05) is 30.3 Å². The number of rotatable bonds is 3. The lowest BCUT2D eigenvalue weighted by molar-refractivity contribution is 0.273. The van der Waals surface area contributed by atoms with E-state index in [0.717, 1.165) is 10.8 Å². The summed E-state index contributed by atoms with van der Waals surface area (Å²) in [7, 11) is 0. The van der Waals surface area contributed by atoms with E-state index >= 15 is 0 Å². The molecule has 0 N–H and O–H groups in total. The molecule has 0 bridgehead atoms. The number of nitriles is 1. The maximum absolute atomic E-state index is 12.0. The fourth-order valence-electron chi connectivity index (χ4n) is 1.64. The molecule has 2 aromatic rings. The molecule has 0 atom stereocenters. The Labute approximate surface area is 92.9 Å². The molecule has 2 nitrogen and oxygen atoms in total. The van der Waals surface area contributed by atoms with Crippen LogP contribution in [0.5, 0.6) is 5.75 Å². The number of halogens is 1. The molecule has 0 aliphatic rings. The number of nitrogens with zero attached hydrogens (tertiary/aromatic N) is 1. The van der Waals surface area contributed by atoms with Gasteiger partial charge in [-0.15, -0.1) is 0 Å². The standard InChI is InChI=1S/C13H10FNO/c14-7-8-16-13-6-5-10-3-1-2-4-11(10)12(13)9-15/h1-6H,7-8H2. The zero-order valence-electron chi connectivity index (χ0n) is 8.61. The lowest BCUT2D eigenvalue weighted by atomic mass is 10.0. The third-order valence-corrected chi connectivity index (χ3v) is 2.34. The summed E-state index contributed by atoms with van der Waals surface area (Å²) in [6.07, 6.45) is 0. The quantitative estimate of drug-likeness (QED) is 0.788. The van der Waals surface area contributed by atoms with Crippen molar-refractivity contribution in [2.24, 2.45) is 0 Å². The number of ether oxygens (including phenoxy) is 1. The van der Waals surface area contributed by atoms with Gasteiger partial charge < -0.3 is 4.74 Å². The Morgan fingerprint density at radius 1 is 1.19 bits per heavy atom. The van der Waals surface area contributed by atoms with Gasteiger partial charge in [0, 0.05) is 5.39 Å². The third kappa shape index (κ3) is 1.82. The maximum atomic E-state index is 12.0. The second-order valence-corrected chi connectivity index (χ2v) is 3.31. The van der Waals surface area contributed by atoms with Crippen LogP contribution in [0.3, 0.4) is 0 Å². The Kier molecular flexibility index (Phi) is 3.02. The molecule has 0 aliphatic carbocycles. The molecule has 3 heteroatoms. The highest BCUT2D eigenvalue weighted by molar-refractivity contribution is 5.90. The molecule has 80 valence electrons. The van der Waals surface area contributed by atoms with E-state index in [1.165, 1.54) is 0 Å². The highest BCUT2D eigenvalue weighted by Gasteiger charge is 2.07. The summed E-state index contributed by atoms with van der Waals surface area (Å²) in [5.41, 5.74) is 0.464. The number of hydrogen-bond acceptors (Lipinski definition) is 2. The van der Waals surface area contributed by atoms with E-state index in [0.29, 0.717) is 11.3 Å². The van der Waals surface area contributed by atoms with Gasteiger partial charge in [0.15, 0.2) is 0 Å². The summed E-state index contributed by atoms with van der Waals surface area (Å²) >= 11 is 0. The van der Waals surface area contributed by atoms with Gasteiger partial charge in [-0.05, 0) is 11.5 Å². The minimum Gasteiger partial charge on any atom is -0.489 e. The van der Waals surface area contributed by atoms with E-state index in [2.05, 4.69) is 6.07 Å². The minimum absolute atomic E-state index is 0.0208. The summed E-state index contributed by atoms with van der Waals surface area (Å²) in [5.74, 6) is 0.443. The van der Waals surface area contributed by atoms with Crippen molar-refractivity contribution in [3.05, 3.63) is 42.0 Å². The Morgan fingerprint density at radius 3 is 2.75 bits per heavy atom. The zero-order chi connectivity index (χ0) is 11.4. The van der Waals surface area contributed by atoms with E-state index < -0.39 is 6.67 Å². The summed E-state index contributed by atoms with van der Waals surface area (Å²) in [5, 5.41) is 10.9. The number of benzene rings is 2. The van der Waals surface area contributed by atoms with Crippen molar-refractivity contribution in [1.29, 1.82) is 5.26 Å². The van der Waals surface area contributed by atoms with Crippen LogP contribution in [-0.2, 0) is 0 Å². The van der Waals surface area contributed by atoms with Gasteiger partial charge in [-0.1, -0.05) is 30.3 Å². The largest absolute Gasteiger partial charge is 0.489 e. The van der Waals surface area contributed by atoms with Crippen molar-refractivity contribution in [2.75, 3.05) is 13.3 Å². The van der Waals surface area contributed by atoms with Crippen LogP contribution < -0.4 is 4.74 Å². The minimum atomic E-state index is -0.558. The molecule has 0 saturated heterocycles. The summed E-state index contributed by atoms with van der Waals surface area (Å²) in [4.78, 5) is 0. The molecule has 2 rings (SSSR count). The second-order valence-electron chi connectivity index (χ2n) is 3.31. The Balaban J connectivity index is 2.55. The number of hydrogen-bond donors (Lipinski definition) is 0. The van der Waals surface area contributed by atoms with Crippen LogP contribution in [0, 0.1) is 11.3 Å². The van der Waals surface area contributed by atoms with Crippen molar-refractivity contribution in [2.45, 2.75) is 0 Å². The Hall–Kier alpha value is -2.08. The monoisotopic (exact) mass is 215 g/mol. The van der Waals surface area contributed by atoms with Crippen LogP contribution in [0.25, 0.3) is 10.8 Å². The molecule has 16 heavy (non-hydrogen) atoms. The van der Waals surface area contributed by atoms with E-state index in [9.17, 15) is 4.39 Å². The first-order chi connectivity index (χ1) is 7.86. The molecule has 0 amide bonds. The molecule has 0 spiro atoms. The maximum Gasteiger partial charge on any atom is 0.137 e. The first kappa shape index (κ1) is 10.4. The van der Waals surface area contributed by atoms with Crippen LogP contribution in [0.2, 0.25) is 0 Å². The SMILES string of the molecule is N#Cc1c(OCCF)ccc2ccccc12. The highest BCUT2D eigenvalue weighted by atomic mass is 19.1. The van der Waals surface area contributed by atoms with Crippen LogP contribution >= 0.6 is 0 Å². The molecule has 0 aliphatic heterocycles. The normalized spacial score (nSPS) is 10.0. The van der Waals surface area contributed by atoms with Gasteiger partial charge in [0.2, 0.25) is 0 Å². The fourth-order valence-corrected chi connectivity index (χ4v) is 1.64. The van der Waals surface area contributed by atoms with Gasteiger partial charge in [0.25, 0.3) is 0 Å². The van der Waals surface area contributed by atoms with E-state index in [4.69, 9.17) is 10.00 Å². The van der Waals surface area contributed by atoms with Gasteiger partial charge in [-0.3, -0.25) is 0 Å². The van der Waals surface area contributed by atoms with Crippen molar-refractivity contribution in [1.82, 2.24) is 0 Å². The zero-order valence-corrected chi connectivity index (χ0v) is 8.61. The van der Waals surface area contributed by atoms with Gasteiger partial charge in [0.05, 0.1) is 0 Å². The highest BCUT2D eigenvalue weighted by Crippen LogP contribution is 2.27. The van der Waals surface area contributed by atoms with Crippen molar-refractivity contribution in [3.8, 4) is 11.8 Å². The summed E-state index contributed by atoms with van der Waals surface area (Å²) < 4.78 is 17.2. The number of alkyl halides is 1. The molecule has 0 saturated carbocycles. The van der Waals surface area contributed by atoms with Gasteiger partial charge in [-0.25, -0.2) is 4.39 Å². The molecular formula is C13H10FNO. The predicted molar refractivity (Wildman–Crippen MR) is 60.1 cm³/mol. The summed E-state index contributed by atoms with van der Waals surface area (Å²) in [6, 6.07) is 13.2. The molecule has 0 aromatic heterocycles. The predicted octanol–water partition coefficient (Wildman–Crippen LogP) is 3.06. The van der Waals surface area contributed by atoms with Gasteiger partial charge in [-0.2, -0.15) is 5.26 Å². The van der Waals surface area contributed by atoms with Crippen LogP contribution in [0.4, 0.5) is 4.39 Å². The lowest BCUT2D eigenvalue weighted by Crippen LogP contribution is -2.00. The average Bonchev–Trinajstić information content (AvgIpc) is 2.35. The molecule has 0 fully saturated rings. The van der Waals surface area contributed by atoms with Crippen LogP contribution in [0.1, 0.15) is 5.56 Å². The molecule has 2 aromatic carbocycles. The molecule has 0 heterocycles. The average molecular weight is 215 g/mol. The Morgan fingerprint density at radius 2 is 2.00 bits per heavy atom. The van der Waals surface area contributed by atoms with Crippen molar-refractivity contribution in [3.63, 3.8) is 0 Å². The third-order valence-electron chi connectivity index (χ3n) is 2.34. The first-order valence-electron chi connectivity index (χ1n) is 4.97. The molecular weight excluding hydrogens is 205 g/mol. The Bertz CT molecular complexity index is 545. The lowest BCUT2D eigenvalue weighted by Gasteiger charge is -2.08. The van der Waals surface area contributed by atoms with E-state index in [1.54, 1.807) is 6.07 Å². The summed E-state index contributed by atoms with van der Waals surface area (Å²) in [6.45, 7) is -0.579. The topological polar surface area (TPSA) is 33.0 Å². The van der Waals surface area contributed by atoms with Crippen molar-refractivity contribution >= 4 is 10.8 Å². The second kappa shape index (κ2) is 4.63. The van der Waals surface area contributed by atoms with Crippen LogP contribution in [0.15, 0.2) is 36.4 Å². The fraction of sp³-hybridized carbons (Fsp3) is 0.154. The number of fused-ring (bicyclic) bond motifs is 1.